The van der Waals surface area contributed by atoms with Gasteiger partial charge in [0.15, 0.2) is 0 Å². The number of aromatic carboxylic acids is 1. The van der Waals surface area contributed by atoms with Crippen molar-refractivity contribution in [1.82, 2.24) is 9.78 Å². The van der Waals surface area contributed by atoms with Gasteiger partial charge in [-0.05, 0) is 42.8 Å². The smallest absolute Gasteiger partial charge is 0.335 e. The highest BCUT2D eigenvalue weighted by Crippen LogP contribution is 2.33. The van der Waals surface area contributed by atoms with Gasteiger partial charge in [-0.3, -0.25) is 4.68 Å². The Bertz CT molecular complexity index is 1000. The van der Waals surface area contributed by atoms with Crippen LogP contribution in [-0.4, -0.2) is 39.2 Å². The summed E-state index contributed by atoms with van der Waals surface area (Å²) in [6, 6.07) is 12.3. The number of halogens is 1. The maximum Gasteiger partial charge on any atom is 0.335 e. The average Bonchev–Trinajstić information content (AvgIpc) is 3.10. The van der Waals surface area contributed by atoms with E-state index in [9.17, 15) is 19.4 Å². The molecule has 0 bridgehead atoms. The number of carboxylic acid groups (broad SMARTS) is 1. The maximum absolute atomic E-state index is 13.7. The van der Waals surface area contributed by atoms with Gasteiger partial charge in [-0.15, -0.1) is 0 Å². The second kappa shape index (κ2) is 8.22. The van der Waals surface area contributed by atoms with Crippen molar-refractivity contribution in [3.8, 4) is 28.3 Å². The van der Waals surface area contributed by atoms with Crippen LogP contribution >= 0.6 is 0 Å². The number of nitrogens with zero attached hydrogens (tertiary/aromatic N) is 2. The van der Waals surface area contributed by atoms with E-state index in [1.54, 1.807) is 28.9 Å². The lowest BCUT2D eigenvalue weighted by Crippen LogP contribution is -2.16. The van der Waals surface area contributed by atoms with E-state index in [2.05, 4.69) is 5.10 Å². The molecule has 1 unspecified atom stereocenters. The number of methoxy groups -OCH3 is 1. The number of benzene rings is 2. The molecule has 0 radical (unpaired) electrons. The summed E-state index contributed by atoms with van der Waals surface area (Å²) < 4.78 is 20.7. The van der Waals surface area contributed by atoms with Gasteiger partial charge >= 0.3 is 5.97 Å². The monoisotopic (exact) mass is 384 g/mol. The molecule has 0 amide bonds. The lowest BCUT2D eigenvalue weighted by Gasteiger charge is -2.11. The molecule has 0 aliphatic carbocycles. The van der Waals surface area contributed by atoms with E-state index in [-0.39, 0.29) is 17.9 Å². The Morgan fingerprint density at radius 1 is 1.25 bits per heavy atom. The number of carboxylic acids is 1. The molecule has 3 rings (SSSR count). The van der Waals surface area contributed by atoms with Crippen LogP contribution in [0.3, 0.4) is 0 Å². The highest BCUT2D eigenvalue weighted by Gasteiger charge is 2.18. The Hall–Kier alpha value is -3.19. The summed E-state index contributed by atoms with van der Waals surface area (Å²) in [6.45, 7) is 2.08. The van der Waals surface area contributed by atoms with Gasteiger partial charge in [0.2, 0.25) is 0 Å². The largest absolute Gasteiger partial charge is 0.496 e. The fourth-order valence-corrected chi connectivity index (χ4v) is 2.94. The Labute approximate surface area is 161 Å². The van der Waals surface area contributed by atoms with Crippen LogP contribution in [0.2, 0.25) is 0 Å². The summed E-state index contributed by atoms with van der Waals surface area (Å²) in [7, 11) is 1.49. The first kappa shape index (κ1) is 19.6. The number of hydrogen-bond donors (Lipinski definition) is 2. The number of hydrogen-bond acceptors (Lipinski definition) is 4. The van der Waals surface area contributed by atoms with Gasteiger partial charge in [0.25, 0.3) is 0 Å². The second-order valence-corrected chi connectivity index (χ2v) is 6.39. The van der Waals surface area contributed by atoms with Crippen LogP contribution in [-0.2, 0) is 6.54 Å². The van der Waals surface area contributed by atoms with Crippen molar-refractivity contribution in [2.45, 2.75) is 26.0 Å². The van der Waals surface area contributed by atoms with Crippen molar-refractivity contribution in [2.75, 3.05) is 7.11 Å². The van der Waals surface area contributed by atoms with Crippen molar-refractivity contribution in [3.63, 3.8) is 0 Å². The third-order valence-electron chi connectivity index (χ3n) is 4.48. The number of aliphatic hydroxyl groups is 1. The standard InChI is InChI=1S/C21H21FN2O4/c1-3-16(25)12-24-19(13-5-4-6-15(22)9-13)11-18(23-24)17-10-14(21(26)27)7-8-20(17)28-2/h4-11,16,25H,3,12H2,1-2H3,(H,26,27). The van der Waals surface area contributed by atoms with E-state index in [4.69, 9.17) is 4.74 Å². The third-order valence-corrected chi connectivity index (χ3v) is 4.48. The van der Waals surface area contributed by atoms with Crippen molar-refractivity contribution in [2.24, 2.45) is 0 Å². The molecule has 7 heteroatoms. The van der Waals surface area contributed by atoms with Gasteiger partial charge in [0, 0.05) is 11.1 Å². The number of aromatic nitrogens is 2. The fourth-order valence-electron chi connectivity index (χ4n) is 2.94. The molecule has 2 N–H and O–H groups in total. The summed E-state index contributed by atoms with van der Waals surface area (Å²) in [5.41, 5.74) is 2.30. The van der Waals surface area contributed by atoms with Gasteiger partial charge in [0.1, 0.15) is 11.6 Å². The number of aliphatic hydroxyl groups excluding tert-OH is 1. The quantitative estimate of drug-likeness (QED) is 0.647. The molecule has 28 heavy (non-hydrogen) atoms. The molecule has 6 nitrogen and oxygen atoms in total. The SMILES string of the molecule is CCC(O)Cn1nc(-c2cc(C(=O)O)ccc2OC)cc1-c1cccc(F)c1. The molecule has 0 aliphatic rings. The Morgan fingerprint density at radius 2 is 2.04 bits per heavy atom. The predicted molar refractivity (Wildman–Crippen MR) is 103 cm³/mol. The molecule has 0 saturated carbocycles. The van der Waals surface area contributed by atoms with Crippen molar-refractivity contribution in [3.05, 3.63) is 59.9 Å². The Balaban J connectivity index is 2.16. The van der Waals surface area contributed by atoms with E-state index < -0.39 is 12.1 Å². The van der Waals surface area contributed by atoms with Gasteiger partial charge < -0.3 is 14.9 Å². The van der Waals surface area contributed by atoms with Crippen LogP contribution in [0.5, 0.6) is 5.75 Å². The summed E-state index contributed by atoms with van der Waals surface area (Å²) >= 11 is 0. The van der Waals surface area contributed by atoms with Crippen LogP contribution in [0.15, 0.2) is 48.5 Å². The van der Waals surface area contributed by atoms with E-state index >= 15 is 0 Å². The zero-order chi connectivity index (χ0) is 20.3. The van der Waals surface area contributed by atoms with Crippen LogP contribution < -0.4 is 4.74 Å². The van der Waals surface area contributed by atoms with Gasteiger partial charge in [-0.2, -0.15) is 5.10 Å². The normalized spacial score (nSPS) is 12.0. The van der Waals surface area contributed by atoms with Crippen LogP contribution in [0.4, 0.5) is 4.39 Å². The lowest BCUT2D eigenvalue weighted by atomic mass is 10.1. The fraction of sp³-hybridized carbons (Fsp3) is 0.238. The van der Waals surface area contributed by atoms with E-state index in [1.807, 2.05) is 6.92 Å². The van der Waals surface area contributed by atoms with E-state index in [0.29, 0.717) is 34.7 Å². The van der Waals surface area contributed by atoms with Gasteiger partial charge in [-0.1, -0.05) is 19.1 Å². The third kappa shape index (κ3) is 4.04. The Kier molecular flexibility index (Phi) is 5.75. The highest BCUT2D eigenvalue weighted by atomic mass is 19.1. The molecule has 0 fully saturated rings. The van der Waals surface area contributed by atoms with Crippen LogP contribution in [0, 0.1) is 5.82 Å². The lowest BCUT2D eigenvalue weighted by molar-refractivity contribution is 0.0697. The number of ether oxygens (including phenoxy) is 1. The zero-order valence-corrected chi connectivity index (χ0v) is 15.6. The summed E-state index contributed by atoms with van der Waals surface area (Å²) in [4.78, 5) is 11.4. The molecule has 0 spiro atoms. The summed E-state index contributed by atoms with van der Waals surface area (Å²) in [5.74, 6) is -0.972. The molecule has 1 heterocycles. The van der Waals surface area contributed by atoms with Crippen LogP contribution in [0.1, 0.15) is 23.7 Å². The maximum atomic E-state index is 13.7. The van der Waals surface area contributed by atoms with E-state index in [0.717, 1.165) is 0 Å². The first-order valence-electron chi connectivity index (χ1n) is 8.86. The average molecular weight is 384 g/mol. The topological polar surface area (TPSA) is 84.6 Å². The highest BCUT2D eigenvalue weighted by molar-refractivity contribution is 5.90. The molecular formula is C21H21FN2O4. The molecule has 146 valence electrons. The first-order chi connectivity index (χ1) is 13.4. The zero-order valence-electron chi connectivity index (χ0n) is 15.6. The number of rotatable bonds is 7. The minimum Gasteiger partial charge on any atom is -0.496 e. The minimum absolute atomic E-state index is 0.103. The molecular weight excluding hydrogens is 363 g/mol. The molecule has 0 aliphatic heterocycles. The predicted octanol–water partition coefficient (Wildman–Crippen LogP) is 3.83. The molecule has 1 aromatic heterocycles. The number of carbonyl (C=O) groups is 1. The van der Waals surface area contributed by atoms with Crippen molar-refractivity contribution < 1.29 is 24.1 Å². The van der Waals surface area contributed by atoms with Crippen LogP contribution in [0.25, 0.3) is 22.5 Å². The Morgan fingerprint density at radius 3 is 2.68 bits per heavy atom. The van der Waals surface area contributed by atoms with Gasteiger partial charge in [-0.25, -0.2) is 9.18 Å². The summed E-state index contributed by atoms with van der Waals surface area (Å²) in [6.07, 6.45) is -0.0809. The van der Waals surface area contributed by atoms with Crippen molar-refractivity contribution >= 4 is 5.97 Å². The molecule has 3 aromatic rings. The summed E-state index contributed by atoms with van der Waals surface area (Å²) in [5, 5.41) is 23.9. The van der Waals surface area contributed by atoms with E-state index in [1.165, 1.54) is 31.4 Å². The van der Waals surface area contributed by atoms with Gasteiger partial charge in [0.05, 0.1) is 36.7 Å². The first-order valence-corrected chi connectivity index (χ1v) is 8.86. The molecule has 0 saturated heterocycles. The van der Waals surface area contributed by atoms with Crippen molar-refractivity contribution in [1.29, 1.82) is 0 Å². The minimum atomic E-state index is -1.06. The second-order valence-electron chi connectivity index (χ2n) is 6.39. The molecule has 1 atom stereocenters. The molecule has 2 aromatic carbocycles.